The molecule has 0 aliphatic rings. The van der Waals surface area contributed by atoms with E-state index in [2.05, 4.69) is 6.07 Å². The summed E-state index contributed by atoms with van der Waals surface area (Å²) in [4.78, 5) is 0. The van der Waals surface area contributed by atoms with Crippen molar-refractivity contribution < 1.29 is 5.21 Å². The first-order chi connectivity index (χ1) is 5.91. The Morgan fingerprint density at radius 1 is 1.29 bits per heavy atom. The van der Waals surface area contributed by atoms with Gasteiger partial charge in [-0.25, -0.2) is 0 Å². The Balaban J connectivity index is 0.00000169. The SMILES string of the molecule is Cc1c[c-]c(N(O)C(C)(C)C)cc1.[Cf]. The Labute approximate surface area is 79.8 Å². The number of nitrogens with zero attached hydrogens (tertiary/aromatic N) is 1. The van der Waals surface area contributed by atoms with E-state index in [-0.39, 0.29) is 5.54 Å². The van der Waals surface area contributed by atoms with Gasteiger partial charge in [-0.3, -0.25) is 10.3 Å². The molecule has 1 aromatic carbocycles. The van der Waals surface area contributed by atoms with Gasteiger partial charge in [0.25, 0.3) is 0 Å². The minimum absolute atomic E-state index is 0. The average molecular weight is 429 g/mol. The van der Waals surface area contributed by atoms with Crippen molar-refractivity contribution in [2.75, 3.05) is 5.06 Å². The number of hydrogen-bond donors (Lipinski definition) is 1. The first-order valence-electron chi connectivity index (χ1n) is 4.39. The van der Waals surface area contributed by atoms with Crippen molar-refractivity contribution in [3.63, 3.8) is 0 Å². The van der Waals surface area contributed by atoms with Crippen LogP contribution in [0.25, 0.3) is 0 Å². The van der Waals surface area contributed by atoms with Crippen molar-refractivity contribution in [2.24, 2.45) is 0 Å². The summed E-state index contributed by atoms with van der Waals surface area (Å²) < 4.78 is 0. The quantitative estimate of drug-likeness (QED) is 0.549. The summed E-state index contributed by atoms with van der Waals surface area (Å²) in [5.41, 5.74) is 1.57. The molecule has 0 atom stereocenters. The number of benzene rings is 1. The van der Waals surface area contributed by atoms with Crippen molar-refractivity contribution in [1.29, 1.82) is 0 Å². The van der Waals surface area contributed by atoms with Gasteiger partial charge >= 0.3 is 0 Å². The van der Waals surface area contributed by atoms with Crippen molar-refractivity contribution in [1.82, 2.24) is 0 Å². The van der Waals surface area contributed by atoms with Crippen LogP contribution in [0.4, 0.5) is 5.69 Å². The van der Waals surface area contributed by atoms with E-state index in [9.17, 15) is 5.21 Å². The topological polar surface area (TPSA) is 23.5 Å². The van der Waals surface area contributed by atoms with Crippen LogP contribution in [0.1, 0.15) is 26.3 Å². The molecule has 1 rings (SSSR count). The van der Waals surface area contributed by atoms with Crippen molar-refractivity contribution in [3.8, 4) is 0 Å². The van der Waals surface area contributed by atoms with Crippen LogP contribution < -0.4 is 5.06 Å². The second-order valence-corrected chi connectivity index (χ2v) is 4.23. The van der Waals surface area contributed by atoms with Crippen molar-refractivity contribution >= 4 is 5.69 Å². The maximum atomic E-state index is 9.75. The molecule has 3 heteroatoms. The third-order valence-electron chi connectivity index (χ3n) is 1.82. The van der Waals surface area contributed by atoms with Gasteiger partial charge in [-0.2, -0.15) is 23.8 Å². The number of hydrogen-bond acceptors (Lipinski definition) is 2. The maximum Gasteiger partial charge on any atom is 0.0563 e. The normalized spacial score (nSPS) is 10.6. The molecule has 0 aliphatic heterocycles. The van der Waals surface area contributed by atoms with Crippen LogP contribution in [0.2, 0.25) is 0 Å². The van der Waals surface area contributed by atoms with Crippen LogP contribution in [-0.4, -0.2) is 10.7 Å². The summed E-state index contributed by atoms with van der Waals surface area (Å²) in [5.74, 6) is 0. The Morgan fingerprint density at radius 2 is 1.86 bits per heavy atom. The molecule has 1 N–H and O–H groups in total. The Bertz CT molecular complexity index is 276. The van der Waals surface area contributed by atoms with Crippen molar-refractivity contribution in [2.45, 2.75) is 33.2 Å². The second kappa shape index (κ2) is 3.79. The van der Waals surface area contributed by atoms with Gasteiger partial charge in [0.05, 0.1) is 5.54 Å². The van der Waals surface area contributed by atoms with Crippen LogP contribution >= 0.6 is 0 Å². The standard InChI is InChI=1S/C11H16NO.Cf/c1-9-5-7-10(8-6-9)12(13)11(2,3)4;/h5-7,13H,1-4H3;/q-1;. The predicted octanol–water partition coefficient (Wildman–Crippen LogP) is 2.79. The van der Waals surface area contributed by atoms with Crippen LogP contribution in [0.3, 0.4) is 0 Å². The summed E-state index contributed by atoms with van der Waals surface area (Å²) in [6.07, 6.45) is 0. The number of rotatable bonds is 1. The van der Waals surface area contributed by atoms with Crippen LogP contribution in [0, 0.1) is 13.0 Å². The molecule has 2 nitrogen and oxygen atoms in total. The molecule has 0 radical (unpaired) electrons. The van der Waals surface area contributed by atoms with Gasteiger partial charge in [0, 0.05) is 0 Å². The molecule has 1 aromatic rings. The van der Waals surface area contributed by atoms with Gasteiger partial charge in [0.1, 0.15) is 0 Å². The Hall–Kier alpha value is -2.02. The summed E-state index contributed by atoms with van der Waals surface area (Å²) in [5, 5.41) is 11.0. The molecule has 0 heterocycles. The molecule has 82 valence electrons. The number of aryl methyl sites for hydroxylation is 1. The fraction of sp³-hybridized carbons (Fsp3) is 0.455. The maximum absolute atomic E-state index is 9.75. The summed E-state index contributed by atoms with van der Waals surface area (Å²) in [6, 6.07) is 8.71. The van der Waals surface area contributed by atoms with Crippen LogP contribution in [0.5, 0.6) is 0 Å². The Kier molecular flexibility index (Phi) is 3.25. The zero-order valence-electron chi connectivity index (χ0n) is 8.94. The van der Waals surface area contributed by atoms with Crippen LogP contribution in [0.15, 0.2) is 18.2 Å². The van der Waals surface area contributed by atoms with Gasteiger partial charge in [0.15, 0.2) is 0 Å². The fourth-order valence-corrected chi connectivity index (χ4v) is 0.987. The summed E-state index contributed by atoms with van der Waals surface area (Å²) in [7, 11) is 0. The third-order valence-corrected chi connectivity index (χ3v) is 1.82. The van der Waals surface area contributed by atoms with E-state index in [1.807, 2.05) is 45.9 Å². The van der Waals surface area contributed by atoms with Crippen molar-refractivity contribution in [3.05, 3.63) is 29.8 Å². The summed E-state index contributed by atoms with van der Waals surface area (Å²) in [6.45, 7) is 7.83. The zero-order valence-corrected chi connectivity index (χ0v) is 11.6. The minimum Gasteiger partial charge on any atom is -0.290 e. The first-order valence-corrected chi connectivity index (χ1v) is 4.39. The van der Waals surface area contributed by atoms with Gasteiger partial charge < -0.3 is 0 Å². The molecule has 0 spiro atoms. The second-order valence-electron chi connectivity index (χ2n) is 4.23. The molecule has 0 amide bonds. The third kappa shape index (κ3) is 2.49. The van der Waals surface area contributed by atoms with E-state index in [0.29, 0.717) is 5.69 Å². The molecular formula is C11H16CfNO-. The van der Waals surface area contributed by atoms with Gasteiger partial charge in [-0.1, -0.05) is 6.92 Å². The van der Waals surface area contributed by atoms with E-state index in [0.717, 1.165) is 5.56 Å². The van der Waals surface area contributed by atoms with E-state index in [1.54, 1.807) is 0 Å². The van der Waals surface area contributed by atoms with Gasteiger partial charge in [0.2, 0.25) is 0 Å². The molecule has 0 fully saturated rings. The van der Waals surface area contributed by atoms with Gasteiger partial charge in [-0.05, 0) is 26.5 Å². The predicted molar refractivity (Wildman–Crippen MR) is 54.0 cm³/mol. The first kappa shape index (κ1) is 12.0. The molecule has 0 bridgehead atoms. The molecule has 0 saturated heterocycles. The average Bonchev–Trinajstić information content (AvgIpc) is 2.03. The van der Waals surface area contributed by atoms with E-state index in [4.69, 9.17) is 0 Å². The molecule has 0 aromatic heterocycles. The molecule has 0 unspecified atom stereocenters. The molecule has 0 aliphatic carbocycles. The molecule has 14 heavy (non-hydrogen) atoms. The minimum atomic E-state index is -0.286. The zero-order chi connectivity index (χ0) is 10.1. The Morgan fingerprint density at radius 3 is 2.21 bits per heavy atom. The largest absolute Gasteiger partial charge is 0.290 e. The monoisotopic (exact) mass is 427 g/mol. The van der Waals surface area contributed by atoms with E-state index in [1.165, 1.54) is 5.06 Å². The summed E-state index contributed by atoms with van der Waals surface area (Å²) >= 11 is 0. The number of anilines is 1. The smallest absolute Gasteiger partial charge is 0.0563 e. The fourth-order valence-electron chi connectivity index (χ4n) is 0.987. The van der Waals surface area contributed by atoms with E-state index < -0.39 is 0 Å². The van der Waals surface area contributed by atoms with E-state index >= 15 is 0 Å². The number of hydroxylamine groups is 1. The molecule has 0 saturated carbocycles. The van der Waals surface area contributed by atoms with Gasteiger partial charge in [-0.15, -0.1) is 6.07 Å². The van der Waals surface area contributed by atoms with Crippen LogP contribution in [-0.2, 0) is 0 Å². The molecular weight excluding hydrogens is 413 g/mol.